The molecule has 4 heteroatoms. The third kappa shape index (κ3) is 1.97. The highest BCUT2D eigenvalue weighted by atomic mass is 14.9. The Bertz CT molecular complexity index is 715. The van der Waals surface area contributed by atoms with Crippen LogP contribution in [-0.4, -0.2) is 9.97 Å². The minimum absolute atomic E-state index is 0.419. The van der Waals surface area contributed by atoms with Gasteiger partial charge in [0.2, 0.25) is 0 Å². The molecule has 3 N–H and O–H groups in total. The fraction of sp³-hybridized carbons (Fsp3) is 0.250. The zero-order valence-corrected chi connectivity index (χ0v) is 11.4. The summed E-state index contributed by atoms with van der Waals surface area (Å²) in [5.41, 5.74) is 10.7. The first kappa shape index (κ1) is 12.5. The molecule has 0 fully saturated rings. The molecule has 0 saturated carbocycles. The minimum Gasteiger partial charge on any atom is -0.384 e. The number of allylic oxidation sites excluding steroid dienone is 4. The van der Waals surface area contributed by atoms with Gasteiger partial charge < -0.3 is 10.7 Å². The molecule has 1 unspecified atom stereocenters. The van der Waals surface area contributed by atoms with Crippen molar-refractivity contribution in [2.24, 2.45) is 5.92 Å². The summed E-state index contributed by atoms with van der Waals surface area (Å²) in [6.07, 6.45) is 11.8. The summed E-state index contributed by atoms with van der Waals surface area (Å²) in [4.78, 5) is 7.34. The summed E-state index contributed by atoms with van der Waals surface area (Å²) in [5, 5.41) is 9.19. The van der Waals surface area contributed by atoms with Crippen LogP contribution in [0.25, 0.3) is 11.1 Å². The molecule has 20 heavy (non-hydrogen) atoms. The van der Waals surface area contributed by atoms with Gasteiger partial charge in [-0.3, -0.25) is 4.98 Å². The lowest BCUT2D eigenvalue weighted by Gasteiger charge is -2.19. The lowest BCUT2D eigenvalue weighted by molar-refractivity contribution is 0.663. The van der Waals surface area contributed by atoms with E-state index in [-0.39, 0.29) is 0 Å². The molecule has 0 aromatic carbocycles. The second kappa shape index (κ2) is 4.86. The van der Waals surface area contributed by atoms with Gasteiger partial charge in [0.15, 0.2) is 0 Å². The van der Waals surface area contributed by atoms with E-state index < -0.39 is 0 Å². The molecular weight excluding hydrogens is 248 g/mol. The number of fused-ring (bicyclic) bond motifs is 1. The van der Waals surface area contributed by atoms with Gasteiger partial charge in [-0.15, -0.1) is 0 Å². The van der Waals surface area contributed by atoms with Crippen molar-refractivity contribution in [3.8, 4) is 17.2 Å². The van der Waals surface area contributed by atoms with Crippen LogP contribution >= 0.6 is 0 Å². The molecule has 0 bridgehead atoms. The first-order chi connectivity index (χ1) is 9.70. The van der Waals surface area contributed by atoms with Crippen molar-refractivity contribution < 1.29 is 0 Å². The van der Waals surface area contributed by atoms with E-state index in [4.69, 9.17) is 5.73 Å². The first-order valence-corrected chi connectivity index (χ1v) is 6.70. The van der Waals surface area contributed by atoms with E-state index in [0.29, 0.717) is 17.3 Å². The largest absolute Gasteiger partial charge is 0.384 e. The Morgan fingerprint density at radius 1 is 1.45 bits per heavy atom. The highest BCUT2D eigenvalue weighted by Crippen LogP contribution is 2.33. The quantitative estimate of drug-likeness (QED) is 0.875. The summed E-state index contributed by atoms with van der Waals surface area (Å²) in [6, 6.07) is 2.14. The lowest BCUT2D eigenvalue weighted by Crippen LogP contribution is -2.09. The van der Waals surface area contributed by atoms with Crippen molar-refractivity contribution in [3.63, 3.8) is 0 Å². The number of nitrogens with two attached hydrogens (primary N) is 1. The van der Waals surface area contributed by atoms with E-state index >= 15 is 0 Å². The van der Waals surface area contributed by atoms with Gasteiger partial charge >= 0.3 is 0 Å². The van der Waals surface area contributed by atoms with E-state index in [1.807, 2.05) is 0 Å². The monoisotopic (exact) mass is 264 g/mol. The number of aromatic amines is 1. The molecule has 3 aliphatic rings. The number of nitrogens with one attached hydrogen (secondary N) is 1. The summed E-state index contributed by atoms with van der Waals surface area (Å²) >= 11 is 0. The van der Waals surface area contributed by atoms with Crippen molar-refractivity contribution in [2.75, 3.05) is 5.73 Å². The number of hydrogen-bond donors (Lipinski definition) is 2. The van der Waals surface area contributed by atoms with Crippen molar-refractivity contribution in [2.45, 2.75) is 19.8 Å². The molecule has 0 radical (unpaired) electrons. The molecule has 1 atom stereocenters. The Labute approximate surface area is 118 Å². The molecular formula is C16H16N4. The van der Waals surface area contributed by atoms with Crippen LogP contribution in [-0.2, 0) is 6.42 Å². The highest BCUT2D eigenvalue weighted by Gasteiger charge is 2.20. The molecule has 0 amide bonds. The van der Waals surface area contributed by atoms with Crippen LogP contribution in [0.4, 0.5) is 5.82 Å². The molecule has 0 aromatic rings. The van der Waals surface area contributed by atoms with E-state index in [0.717, 1.165) is 29.7 Å². The minimum atomic E-state index is 0.419. The third-order valence-electron chi connectivity index (χ3n) is 3.91. The number of nitrogen functional groups attached to an aromatic ring is 1. The molecule has 2 aliphatic heterocycles. The Morgan fingerprint density at radius 2 is 2.25 bits per heavy atom. The summed E-state index contributed by atoms with van der Waals surface area (Å²) in [5.74, 6) is 0.950. The topological polar surface area (TPSA) is 78.5 Å². The molecule has 3 rings (SSSR count). The molecule has 1 aliphatic carbocycles. The van der Waals surface area contributed by atoms with Crippen LogP contribution in [0.1, 0.15) is 24.6 Å². The number of pyridine rings is 1. The third-order valence-corrected chi connectivity index (χ3v) is 3.91. The Morgan fingerprint density at radius 3 is 3.00 bits per heavy atom. The van der Waals surface area contributed by atoms with Gasteiger partial charge in [-0.1, -0.05) is 30.7 Å². The van der Waals surface area contributed by atoms with Crippen molar-refractivity contribution >= 4 is 5.82 Å². The Kier molecular flexibility index (Phi) is 3.03. The van der Waals surface area contributed by atoms with Gasteiger partial charge in [0.05, 0.1) is 0 Å². The van der Waals surface area contributed by atoms with E-state index in [9.17, 15) is 5.26 Å². The SMILES string of the molecule is CC1CC=CC=C1Cc1[nH]c(N)c(C#N)c2cncc1-2. The zero-order valence-electron chi connectivity index (χ0n) is 11.4. The molecule has 0 aromatic heterocycles. The maximum absolute atomic E-state index is 9.19. The summed E-state index contributed by atoms with van der Waals surface area (Å²) < 4.78 is 0. The van der Waals surface area contributed by atoms with Crippen LogP contribution < -0.4 is 5.73 Å². The molecule has 2 heterocycles. The average molecular weight is 264 g/mol. The number of hydrogen-bond acceptors (Lipinski definition) is 3. The van der Waals surface area contributed by atoms with E-state index in [1.54, 1.807) is 12.4 Å². The number of anilines is 1. The molecule has 0 spiro atoms. The number of H-pyrrole nitrogens is 1. The zero-order chi connectivity index (χ0) is 14.1. The van der Waals surface area contributed by atoms with Crippen LogP contribution in [0.15, 0.2) is 36.2 Å². The summed E-state index contributed by atoms with van der Waals surface area (Å²) in [6.45, 7) is 2.22. The predicted octanol–water partition coefficient (Wildman–Crippen LogP) is 3.03. The Balaban J connectivity index is 2.05. The van der Waals surface area contributed by atoms with Gasteiger partial charge in [-0.2, -0.15) is 5.26 Å². The van der Waals surface area contributed by atoms with Crippen LogP contribution in [0.2, 0.25) is 0 Å². The number of nitrogens with zero attached hydrogens (tertiary/aromatic N) is 2. The standard InChI is InChI=1S/C16H16N4/c1-10-4-2-3-5-11(10)6-15-14-9-19-8-13(14)12(7-17)16(18)20-15/h2-3,5,8-10,20H,4,6,18H2,1H3. The molecule has 4 nitrogen and oxygen atoms in total. The van der Waals surface area contributed by atoms with Gasteiger partial charge in [0.1, 0.15) is 17.5 Å². The fourth-order valence-electron chi connectivity index (χ4n) is 2.69. The maximum atomic E-state index is 9.19. The van der Waals surface area contributed by atoms with Crippen molar-refractivity contribution in [1.29, 1.82) is 5.26 Å². The average Bonchev–Trinajstić information content (AvgIpc) is 2.91. The second-order valence-electron chi connectivity index (χ2n) is 5.22. The maximum Gasteiger partial charge on any atom is 0.119 e. The molecule has 0 saturated heterocycles. The molecule has 100 valence electrons. The predicted molar refractivity (Wildman–Crippen MR) is 79.0 cm³/mol. The first-order valence-electron chi connectivity index (χ1n) is 6.70. The smallest absolute Gasteiger partial charge is 0.119 e. The van der Waals surface area contributed by atoms with Crippen molar-refractivity contribution in [3.05, 3.63) is 47.5 Å². The number of aromatic nitrogens is 2. The lowest BCUT2D eigenvalue weighted by atomic mass is 9.88. The highest BCUT2D eigenvalue weighted by molar-refractivity contribution is 5.78. The van der Waals surface area contributed by atoms with Crippen LogP contribution in [0.3, 0.4) is 0 Å². The van der Waals surface area contributed by atoms with Crippen LogP contribution in [0, 0.1) is 17.2 Å². The van der Waals surface area contributed by atoms with Gasteiger partial charge in [0, 0.05) is 35.6 Å². The summed E-state index contributed by atoms with van der Waals surface area (Å²) in [7, 11) is 0. The normalized spacial score (nSPS) is 18.0. The van der Waals surface area contributed by atoms with Gasteiger partial charge in [0.25, 0.3) is 0 Å². The van der Waals surface area contributed by atoms with Crippen molar-refractivity contribution in [1.82, 2.24) is 9.97 Å². The van der Waals surface area contributed by atoms with Gasteiger partial charge in [-0.25, -0.2) is 0 Å². The number of rotatable bonds is 2. The van der Waals surface area contributed by atoms with E-state index in [2.05, 4.69) is 41.2 Å². The van der Waals surface area contributed by atoms with E-state index in [1.165, 1.54) is 5.57 Å². The van der Waals surface area contributed by atoms with Gasteiger partial charge in [-0.05, 0) is 12.3 Å². The van der Waals surface area contributed by atoms with Crippen LogP contribution in [0.5, 0.6) is 0 Å². The second-order valence-corrected chi connectivity index (χ2v) is 5.22. The number of nitriles is 1. The fourth-order valence-corrected chi connectivity index (χ4v) is 2.69. The Hall–Kier alpha value is -2.54.